The van der Waals surface area contributed by atoms with Crippen molar-refractivity contribution in [3.05, 3.63) is 53.6 Å². The first-order valence-corrected chi connectivity index (χ1v) is 12.6. The van der Waals surface area contributed by atoms with Gasteiger partial charge in [0.2, 0.25) is 5.91 Å². The van der Waals surface area contributed by atoms with E-state index < -0.39 is 23.9 Å². The highest BCUT2D eigenvalue weighted by Crippen LogP contribution is 2.27. The molecule has 2 fully saturated rings. The van der Waals surface area contributed by atoms with Crippen LogP contribution in [0.25, 0.3) is 0 Å². The molecule has 1 amide bonds. The van der Waals surface area contributed by atoms with Crippen LogP contribution >= 0.6 is 11.6 Å². The second kappa shape index (κ2) is 18.5. The summed E-state index contributed by atoms with van der Waals surface area (Å²) in [5.74, 6) is -4.66. The third-order valence-electron chi connectivity index (χ3n) is 5.75. The molecule has 13 nitrogen and oxygen atoms in total. The summed E-state index contributed by atoms with van der Waals surface area (Å²) in [6, 6.07) is 7.54. The van der Waals surface area contributed by atoms with Gasteiger partial charge >= 0.3 is 23.9 Å². The Morgan fingerprint density at radius 3 is 1.70 bits per heavy atom. The number of piperazine rings is 1. The number of nitrogens with zero attached hydrogens (tertiary/aromatic N) is 3. The topological polar surface area (TPSA) is 185 Å². The van der Waals surface area contributed by atoms with Crippen LogP contribution in [-0.4, -0.2) is 120 Å². The summed E-state index contributed by atoms with van der Waals surface area (Å²) in [6.45, 7) is 7.66. The number of benzene rings is 1. The molecule has 3 rings (SSSR count). The van der Waals surface area contributed by atoms with Crippen LogP contribution in [-0.2, 0) is 28.7 Å². The molecule has 0 aromatic heterocycles. The summed E-state index contributed by atoms with van der Waals surface area (Å²) in [6.07, 6.45) is 3.17. The van der Waals surface area contributed by atoms with Crippen molar-refractivity contribution in [1.82, 2.24) is 9.80 Å². The molecule has 0 aliphatic carbocycles. The van der Waals surface area contributed by atoms with Gasteiger partial charge in [-0.1, -0.05) is 11.6 Å². The van der Waals surface area contributed by atoms with Gasteiger partial charge in [-0.2, -0.15) is 0 Å². The molecular formula is C26H34ClN3O10. The van der Waals surface area contributed by atoms with E-state index in [0.717, 1.165) is 64.5 Å². The zero-order valence-electron chi connectivity index (χ0n) is 22.0. The van der Waals surface area contributed by atoms with Crippen molar-refractivity contribution in [1.29, 1.82) is 0 Å². The second-order valence-corrected chi connectivity index (χ2v) is 9.04. The SMILES string of the molecule is COCCN1CCN(C[C@H]2CCN(c3ccc(Cl)cc3)C2=O)CC1.O=C(O)/C=C\C(=O)O.O=C(O)/C=C\C(=O)O. The van der Waals surface area contributed by atoms with Gasteiger partial charge in [-0.25, -0.2) is 19.2 Å². The average Bonchev–Trinajstić information content (AvgIpc) is 3.26. The third-order valence-corrected chi connectivity index (χ3v) is 6.00. The van der Waals surface area contributed by atoms with Crippen molar-refractivity contribution < 1.29 is 49.1 Å². The number of anilines is 1. The van der Waals surface area contributed by atoms with Crippen LogP contribution in [0.4, 0.5) is 5.69 Å². The Hall–Kier alpha value is -3.78. The lowest BCUT2D eigenvalue weighted by atomic mass is 10.1. The zero-order chi connectivity index (χ0) is 30.1. The fourth-order valence-electron chi connectivity index (χ4n) is 3.80. The maximum Gasteiger partial charge on any atom is 0.328 e. The van der Waals surface area contributed by atoms with Crippen LogP contribution in [0.3, 0.4) is 0 Å². The van der Waals surface area contributed by atoms with Gasteiger partial charge in [0.05, 0.1) is 12.5 Å². The summed E-state index contributed by atoms with van der Waals surface area (Å²) in [5.41, 5.74) is 0.955. The van der Waals surface area contributed by atoms with Crippen LogP contribution in [0.2, 0.25) is 5.02 Å². The number of carbonyl (C=O) groups excluding carboxylic acids is 1. The predicted molar refractivity (Wildman–Crippen MR) is 145 cm³/mol. The fraction of sp³-hybridized carbons (Fsp3) is 0.423. The maximum absolute atomic E-state index is 12.7. The number of carbonyl (C=O) groups is 5. The number of amides is 1. The fourth-order valence-corrected chi connectivity index (χ4v) is 3.92. The van der Waals surface area contributed by atoms with Crippen LogP contribution < -0.4 is 4.90 Å². The summed E-state index contributed by atoms with van der Waals surface area (Å²) in [4.78, 5) is 57.7. The van der Waals surface area contributed by atoms with Crippen molar-refractivity contribution in [2.75, 3.05) is 64.4 Å². The van der Waals surface area contributed by atoms with E-state index in [-0.39, 0.29) is 11.8 Å². The quantitative estimate of drug-likeness (QED) is 0.290. The van der Waals surface area contributed by atoms with E-state index in [1.807, 2.05) is 29.2 Å². The van der Waals surface area contributed by atoms with Gasteiger partial charge in [-0.3, -0.25) is 9.69 Å². The Bertz CT molecular complexity index is 987. The van der Waals surface area contributed by atoms with E-state index in [9.17, 15) is 24.0 Å². The van der Waals surface area contributed by atoms with E-state index in [1.165, 1.54) is 0 Å². The van der Waals surface area contributed by atoms with E-state index >= 15 is 0 Å². The molecule has 2 aliphatic heterocycles. The number of methoxy groups -OCH3 is 1. The molecule has 0 unspecified atom stereocenters. The van der Waals surface area contributed by atoms with Gasteiger partial charge in [0, 0.05) is 87.9 Å². The van der Waals surface area contributed by atoms with E-state index in [4.69, 9.17) is 36.8 Å². The molecule has 40 heavy (non-hydrogen) atoms. The van der Waals surface area contributed by atoms with Crippen molar-refractivity contribution in [2.45, 2.75) is 6.42 Å². The van der Waals surface area contributed by atoms with E-state index in [1.54, 1.807) is 7.11 Å². The third kappa shape index (κ3) is 14.4. The number of rotatable bonds is 10. The zero-order valence-corrected chi connectivity index (χ0v) is 22.8. The highest BCUT2D eigenvalue weighted by molar-refractivity contribution is 6.30. The lowest BCUT2D eigenvalue weighted by Crippen LogP contribution is -2.49. The van der Waals surface area contributed by atoms with Crippen LogP contribution in [0.15, 0.2) is 48.6 Å². The monoisotopic (exact) mass is 583 g/mol. The summed E-state index contributed by atoms with van der Waals surface area (Å²) in [7, 11) is 1.74. The van der Waals surface area contributed by atoms with Crippen molar-refractivity contribution in [3.8, 4) is 0 Å². The minimum atomic E-state index is -1.26. The minimum Gasteiger partial charge on any atom is -0.478 e. The normalized spacial score (nSPS) is 17.7. The Kier molecular flexibility index (Phi) is 15.8. The van der Waals surface area contributed by atoms with Crippen LogP contribution in [0.1, 0.15) is 6.42 Å². The van der Waals surface area contributed by atoms with Crippen molar-refractivity contribution >= 4 is 47.1 Å². The van der Waals surface area contributed by atoms with Gasteiger partial charge in [0.15, 0.2) is 0 Å². The molecule has 0 saturated carbocycles. The first kappa shape index (κ1) is 34.2. The number of hydrogen-bond acceptors (Lipinski definition) is 8. The standard InChI is InChI=1S/C18H26ClN3O2.2C4H4O4/c1-24-13-12-20-8-10-21(11-9-20)14-15-6-7-22(18(15)23)17-4-2-16(19)3-5-17;2*5-3(6)1-2-4(7)8/h2-5,15H,6-14H2,1H3;2*1-2H,(H,5,6)(H,7,8)/b;2*2-1-/t15-;;/m1../s1. The first-order chi connectivity index (χ1) is 18.9. The second-order valence-electron chi connectivity index (χ2n) is 8.61. The molecule has 0 radical (unpaired) electrons. The number of ether oxygens (including phenoxy) is 1. The molecule has 0 spiro atoms. The molecule has 4 N–H and O–H groups in total. The predicted octanol–water partition coefficient (Wildman–Crippen LogP) is 1.38. The molecule has 2 heterocycles. The lowest BCUT2D eigenvalue weighted by Gasteiger charge is -2.35. The number of aliphatic carboxylic acids is 4. The number of carboxylic acid groups (broad SMARTS) is 4. The summed E-state index contributed by atoms with van der Waals surface area (Å²) < 4.78 is 5.14. The highest BCUT2D eigenvalue weighted by atomic mass is 35.5. The molecule has 2 aliphatic rings. The molecule has 0 bridgehead atoms. The lowest BCUT2D eigenvalue weighted by molar-refractivity contribution is -0.134. The summed E-state index contributed by atoms with van der Waals surface area (Å²) in [5, 5.41) is 32.0. The Labute approximate surface area is 236 Å². The maximum atomic E-state index is 12.7. The molecule has 1 aromatic carbocycles. The van der Waals surface area contributed by atoms with Crippen LogP contribution in [0, 0.1) is 5.92 Å². The van der Waals surface area contributed by atoms with Gasteiger partial charge in [0.1, 0.15) is 0 Å². The Morgan fingerprint density at radius 2 is 1.27 bits per heavy atom. The smallest absolute Gasteiger partial charge is 0.328 e. The average molecular weight is 584 g/mol. The molecule has 2 saturated heterocycles. The molecule has 1 atom stereocenters. The van der Waals surface area contributed by atoms with Gasteiger partial charge < -0.3 is 35.0 Å². The Balaban J connectivity index is 0.000000412. The number of hydrogen-bond donors (Lipinski definition) is 4. The molecule has 220 valence electrons. The highest BCUT2D eigenvalue weighted by Gasteiger charge is 2.34. The van der Waals surface area contributed by atoms with Gasteiger partial charge in [0.25, 0.3) is 0 Å². The summed E-state index contributed by atoms with van der Waals surface area (Å²) >= 11 is 5.93. The minimum absolute atomic E-state index is 0.117. The molecule has 14 heteroatoms. The number of halogens is 1. The van der Waals surface area contributed by atoms with E-state index in [0.29, 0.717) is 29.3 Å². The van der Waals surface area contributed by atoms with Gasteiger partial charge in [-0.05, 0) is 30.7 Å². The number of carboxylic acids is 4. The molecule has 1 aromatic rings. The largest absolute Gasteiger partial charge is 0.478 e. The van der Waals surface area contributed by atoms with Crippen LogP contribution in [0.5, 0.6) is 0 Å². The first-order valence-electron chi connectivity index (χ1n) is 12.2. The Morgan fingerprint density at radius 1 is 0.825 bits per heavy atom. The van der Waals surface area contributed by atoms with Crippen molar-refractivity contribution in [2.24, 2.45) is 5.92 Å². The van der Waals surface area contributed by atoms with E-state index in [2.05, 4.69) is 9.80 Å². The molecular weight excluding hydrogens is 550 g/mol. The van der Waals surface area contributed by atoms with Crippen molar-refractivity contribution in [3.63, 3.8) is 0 Å². The van der Waals surface area contributed by atoms with Gasteiger partial charge in [-0.15, -0.1) is 0 Å².